The molecule has 0 aliphatic carbocycles. The minimum absolute atomic E-state index is 0.0102. The Morgan fingerprint density at radius 1 is 1.10 bits per heavy atom. The SMILES string of the molecule is COC(=O)c1ccc(CN2C(=O)N/C(=C\c3cc(Cl)c(OCC(=O)Nc4ccc(C)cc4)c(OC)c3)C2=O)o1. The first-order valence-corrected chi connectivity index (χ1v) is 11.9. The van der Waals surface area contributed by atoms with Crippen LogP contribution in [0.1, 0.15) is 27.4 Å². The molecular formula is C27H24ClN3O8. The summed E-state index contributed by atoms with van der Waals surface area (Å²) in [5.74, 6) is -1.15. The molecule has 0 atom stereocenters. The number of nitrogens with zero attached hydrogens (tertiary/aromatic N) is 1. The number of nitrogens with one attached hydrogen (secondary N) is 2. The van der Waals surface area contributed by atoms with Gasteiger partial charge in [0.05, 0.1) is 25.8 Å². The number of carbonyl (C=O) groups excluding carboxylic acids is 4. The van der Waals surface area contributed by atoms with Crippen molar-refractivity contribution >= 4 is 47.2 Å². The number of aryl methyl sites for hydroxylation is 1. The molecular weight excluding hydrogens is 530 g/mol. The number of rotatable bonds is 9. The highest BCUT2D eigenvalue weighted by molar-refractivity contribution is 6.32. The molecule has 3 aromatic rings. The molecule has 0 spiro atoms. The van der Waals surface area contributed by atoms with E-state index in [1.165, 1.54) is 38.5 Å². The van der Waals surface area contributed by atoms with Gasteiger partial charge in [0.1, 0.15) is 11.5 Å². The maximum atomic E-state index is 12.9. The lowest BCUT2D eigenvalue weighted by atomic mass is 10.1. The number of urea groups is 1. The summed E-state index contributed by atoms with van der Waals surface area (Å²) in [6, 6.07) is 12.5. The van der Waals surface area contributed by atoms with Gasteiger partial charge in [0, 0.05) is 5.69 Å². The lowest BCUT2D eigenvalue weighted by Gasteiger charge is -2.13. The van der Waals surface area contributed by atoms with Gasteiger partial charge in [-0.1, -0.05) is 29.3 Å². The van der Waals surface area contributed by atoms with E-state index in [-0.39, 0.29) is 46.9 Å². The van der Waals surface area contributed by atoms with E-state index in [0.717, 1.165) is 10.5 Å². The molecule has 0 saturated carbocycles. The molecule has 0 unspecified atom stereocenters. The van der Waals surface area contributed by atoms with Gasteiger partial charge in [-0.05, 0) is 55.0 Å². The van der Waals surface area contributed by atoms with E-state index in [1.54, 1.807) is 18.2 Å². The quantitative estimate of drug-likeness (QED) is 0.229. The highest BCUT2D eigenvalue weighted by Crippen LogP contribution is 2.37. The van der Waals surface area contributed by atoms with Gasteiger partial charge in [-0.25, -0.2) is 9.59 Å². The standard InChI is InChI=1S/C27H24ClN3O8/c1-15-4-6-17(7-5-15)29-23(32)14-38-24-19(28)10-16(12-22(24)36-2)11-20-25(33)31(27(35)30-20)13-18-8-9-21(39-18)26(34)37-3/h4-12H,13-14H2,1-3H3,(H,29,32)(H,30,35)/b20-11-. The number of halogens is 1. The number of esters is 1. The van der Waals surface area contributed by atoms with E-state index >= 15 is 0 Å². The number of benzene rings is 2. The molecule has 1 fully saturated rings. The number of carbonyl (C=O) groups is 4. The lowest BCUT2D eigenvalue weighted by Crippen LogP contribution is -2.30. The number of methoxy groups -OCH3 is 2. The van der Waals surface area contributed by atoms with Crippen LogP contribution < -0.4 is 20.1 Å². The maximum absolute atomic E-state index is 12.9. The Bertz CT molecular complexity index is 1460. The molecule has 2 heterocycles. The van der Waals surface area contributed by atoms with Crippen molar-refractivity contribution in [2.75, 3.05) is 26.1 Å². The summed E-state index contributed by atoms with van der Waals surface area (Å²) < 4.78 is 20.9. The van der Waals surface area contributed by atoms with Crippen molar-refractivity contribution in [1.82, 2.24) is 10.2 Å². The molecule has 2 N–H and O–H groups in total. The second kappa shape index (κ2) is 11.7. The molecule has 0 bridgehead atoms. The largest absolute Gasteiger partial charge is 0.493 e. The molecule has 4 amide bonds. The van der Waals surface area contributed by atoms with E-state index in [0.29, 0.717) is 11.3 Å². The fourth-order valence-electron chi connectivity index (χ4n) is 3.65. The molecule has 1 saturated heterocycles. The number of ether oxygens (including phenoxy) is 3. The van der Waals surface area contributed by atoms with Gasteiger partial charge in [0.2, 0.25) is 5.76 Å². The van der Waals surface area contributed by atoms with Crippen LogP contribution in [0.25, 0.3) is 6.08 Å². The number of hydrogen-bond donors (Lipinski definition) is 2. The lowest BCUT2D eigenvalue weighted by molar-refractivity contribution is -0.123. The second-order valence-corrected chi connectivity index (χ2v) is 8.78. The Kier molecular flexibility index (Phi) is 8.21. The average molecular weight is 554 g/mol. The monoisotopic (exact) mass is 553 g/mol. The number of furan rings is 1. The summed E-state index contributed by atoms with van der Waals surface area (Å²) in [7, 11) is 2.61. The van der Waals surface area contributed by atoms with Crippen molar-refractivity contribution in [3.63, 3.8) is 0 Å². The summed E-state index contributed by atoms with van der Waals surface area (Å²) in [5, 5.41) is 5.35. The molecule has 4 rings (SSSR count). The third-order valence-electron chi connectivity index (χ3n) is 5.57. The van der Waals surface area contributed by atoms with Crippen LogP contribution >= 0.6 is 11.6 Å². The first-order chi connectivity index (χ1) is 18.7. The average Bonchev–Trinajstić information content (AvgIpc) is 3.49. The van der Waals surface area contributed by atoms with E-state index < -0.39 is 23.8 Å². The van der Waals surface area contributed by atoms with Crippen LogP contribution in [-0.4, -0.2) is 49.5 Å². The summed E-state index contributed by atoms with van der Waals surface area (Å²) >= 11 is 6.40. The predicted molar refractivity (Wildman–Crippen MR) is 140 cm³/mol. The first kappa shape index (κ1) is 27.3. The van der Waals surface area contributed by atoms with Gasteiger partial charge in [-0.15, -0.1) is 0 Å². The van der Waals surface area contributed by atoms with Crippen LogP contribution in [0.15, 0.2) is 58.6 Å². The van der Waals surface area contributed by atoms with Crippen LogP contribution in [0.5, 0.6) is 11.5 Å². The Morgan fingerprint density at radius 3 is 2.54 bits per heavy atom. The van der Waals surface area contributed by atoms with Crippen molar-refractivity contribution in [2.45, 2.75) is 13.5 Å². The van der Waals surface area contributed by atoms with Gasteiger partial charge >= 0.3 is 12.0 Å². The van der Waals surface area contributed by atoms with Crippen molar-refractivity contribution in [3.8, 4) is 11.5 Å². The zero-order valence-corrected chi connectivity index (χ0v) is 22.0. The van der Waals surface area contributed by atoms with Gasteiger partial charge in [-0.3, -0.25) is 14.5 Å². The van der Waals surface area contributed by atoms with E-state index in [2.05, 4.69) is 15.4 Å². The maximum Gasteiger partial charge on any atom is 0.373 e. The number of anilines is 1. The van der Waals surface area contributed by atoms with Crippen molar-refractivity contribution in [3.05, 3.63) is 81.9 Å². The Hall–Kier alpha value is -4.77. The molecule has 12 heteroatoms. The molecule has 0 radical (unpaired) electrons. The normalized spacial score (nSPS) is 13.8. The smallest absolute Gasteiger partial charge is 0.373 e. The van der Waals surface area contributed by atoms with Gasteiger partial charge in [0.15, 0.2) is 18.1 Å². The molecule has 39 heavy (non-hydrogen) atoms. The molecule has 11 nitrogen and oxygen atoms in total. The van der Waals surface area contributed by atoms with Crippen LogP contribution in [-0.2, 0) is 20.9 Å². The molecule has 1 aliphatic heterocycles. The number of hydrogen-bond acceptors (Lipinski definition) is 8. The minimum atomic E-state index is -0.677. The zero-order valence-electron chi connectivity index (χ0n) is 21.2. The second-order valence-electron chi connectivity index (χ2n) is 8.37. The van der Waals surface area contributed by atoms with E-state index in [9.17, 15) is 19.2 Å². The van der Waals surface area contributed by atoms with Crippen molar-refractivity contribution in [1.29, 1.82) is 0 Å². The van der Waals surface area contributed by atoms with Crippen molar-refractivity contribution in [2.24, 2.45) is 0 Å². The highest BCUT2D eigenvalue weighted by Gasteiger charge is 2.34. The first-order valence-electron chi connectivity index (χ1n) is 11.6. The molecule has 1 aromatic heterocycles. The fraction of sp³-hybridized carbons (Fsp3) is 0.185. The van der Waals surface area contributed by atoms with Crippen molar-refractivity contribution < 1.29 is 37.8 Å². The third kappa shape index (κ3) is 6.39. The van der Waals surface area contributed by atoms with Gasteiger partial charge in [-0.2, -0.15) is 0 Å². The Balaban J connectivity index is 1.45. The Morgan fingerprint density at radius 2 is 1.85 bits per heavy atom. The summed E-state index contributed by atoms with van der Waals surface area (Å²) in [6.45, 7) is 1.43. The third-order valence-corrected chi connectivity index (χ3v) is 5.85. The van der Waals surface area contributed by atoms with Crippen LogP contribution in [0.3, 0.4) is 0 Å². The van der Waals surface area contributed by atoms with Gasteiger partial charge < -0.3 is 29.3 Å². The van der Waals surface area contributed by atoms with Gasteiger partial charge in [0.25, 0.3) is 11.8 Å². The Labute approximate surface area is 228 Å². The molecule has 1 aliphatic rings. The van der Waals surface area contributed by atoms with Crippen LogP contribution in [0.2, 0.25) is 5.02 Å². The summed E-state index contributed by atoms with van der Waals surface area (Å²) in [4.78, 5) is 50.1. The fourth-order valence-corrected chi connectivity index (χ4v) is 3.92. The van der Waals surface area contributed by atoms with E-state index in [4.69, 9.17) is 25.5 Å². The van der Waals surface area contributed by atoms with Crippen LogP contribution in [0, 0.1) is 6.92 Å². The minimum Gasteiger partial charge on any atom is -0.493 e. The van der Waals surface area contributed by atoms with E-state index in [1.807, 2.05) is 19.1 Å². The summed E-state index contributed by atoms with van der Waals surface area (Å²) in [6.07, 6.45) is 1.42. The predicted octanol–water partition coefficient (Wildman–Crippen LogP) is 4.15. The highest BCUT2D eigenvalue weighted by atomic mass is 35.5. The zero-order chi connectivity index (χ0) is 28.1. The van der Waals surface area contributed by atoms with Crippen LogP contribution in [0.4, 0.5) is 10.5 Å². The molecule has 202 valence electrons. The number of amides is 4. The number of imide groups is 1. The topological polar surface area (TPSA) is 136 Å². The molecule has 2 aromatic carbocycles. The summed E-state index contributed by atoms with van der Waals surface area (Å²) in [5.41, 5.74) is 2.12.